The van der Waals surface area contributed by atoms with Gasteiger partial charge in [-0.15, -0.1) is 0 Å². The molecule has 0 radical (unpaired) electrons. The van der Waals surface area contributed by atoms with Gasteiger partial charge in [0.2, 0.25) is 0 Å². The molecule has 0 aliphatic carbocycles. The zero-order valence-corrected chi connectivity index (χ0v) is 11.4. The summed E-state index contributed by atoms with van der Waals surface area (Å²) in [6.45, 7) is 2.85. The van der Waals surface area contributed by atoms with Gasteiger partial charge in [0.15, 0.2) is 0 Å². The first kappa shape index (κ1) is 14.4. The van der Waals surface area contributed by atoms with Crippen LogP contribution in [0.2, 0.25) is 0 Å². The number of halogens is 2. The molecule has 1 heterocycles. The van der Waals surface area contributed by atoms with Gasteiger partial charge in [0.1, 0.15) is 11.6 Å². The highest BCUT2D eigenvalue weighted by atomic mass is 19.1. The van der Waals surface area contributed by atoms with Crippen molar-refractivity contribution in [2.75, 3.05) is 33.7 Å². The monoisotopic (exact) mass is 269 g/mol. The highest BCUT2D eigenvalue weighted by Crippen LogP contribution is 2.16. The van der Waals surface area contributed by atoms with Crippen LogP contribution in [0.5, 0.6) is 0 Å². The van der Waals surface area contributed by atoms with Crippen LogP contribution in [0.25, 0.3) is 0 Å². The second kappa shape index (κ2) is 5.94. The molecule has 0 spiro atoms. The minimum Gasteiger partial charge on any atom is -0.326 e. The SMILES string of the molecule is CN1CCN(C)C(C(N)Cc2ccc(F)cc2F)C1. The molecule has 1 saturated heterocycles. The van der Waals surface area contributed by atoms with Crippen molar-refractivity contribution in [3.63, 3.8) is 0 Å². The van der Waals surface area contributed by atoms with E-state index in [1.807, 2.05) is 7.05 Å². The molecule has 106 valence electrons. The van der Waals surface area contributed by atoms with Gasteiger partial charge < -0.3 is 10.6 Å². The smallest absolute Gasteiger partial charge is 0.129 e. The molecule has 1 aromatic rings. The lowest BCUT2D eigenvalue weighted by Gasteiger charge is -2.40. The number of likely N-dealkylation sites (N-methyl/N-ethyl adjacent to an activating group) is 2. The normalized spacial score (nSPS) is 23.5. The van der Waals surface area contributed by atoms with Crippen molar-refractivity contribution in [3.05, 3.63) is 35.4 Å². The Morgan fingerprint density at radius 1 is 1.32 bits per heavy atom. The topological polar surface area (TPSA) is 32.5 Å². The van der Waals surface area contributed by atoms with Crippen molar-refractivity contribution < 1.29 is 8.78 Å². The summed E-state index contributed by atoms with van der Waals surface area (Å²) >= 11 is 0. The molecule has 0 saturated carbocycles. The van der Waals surface area contributed by atoms with Gasteiger partial charge in [-0.3, -0.25) is 4.90 Å². The Kier molecular flexibility index (Phi) is 4.50. The zero-order chi connectivity index (χ0) is 14.0. The minimum atomic E-state index is -0.552. The number of rotatable bonds is 3. The maximum atomic E-state index is 13.6. The summed E-state index contributed by atoms with van der Waals surface area (Å²) in [5.74, 6) is -1.06. The van der Waals surface area contributed by atoms with E-state index in [-0.39, 0.29) is 12.1 Å². The summed E-state index contributed by atoms with van der Waals surface area (Å²) in [6.07, 6.45) is 0.426. The van der Waals surface area contributed by atoms with E-state index in [1.165, 1.54) is 12.1 Å². The van der Waals surface area contributed by atoms with Gasteiger partial charge in [0, 0.05) is 37.8 Å². The van der Waals surface area contributed by atoms with Gasteiger partial charge in [0.25, 0.3) is 0 Å². The van der Waals surface area contributed by atoms with Gasteiger partial charge in [-0.25, -0.2) is 8.78 Å². The van der Waals surface area contributed by atoms with Crippen LogP contribution in [-0.4, -0.2) is 55.6 Å². The van der Waals surface area contributed by atoms with Crippen molar-refractivity contribution >= 4 is 0 Å². The fourth-order valence-corrected chi connectivity index (χ4v) is 2.58. The largest absolute Gasteiger partial charge is 0.326 e. The van der Waals surface area contributed by atoms with E-state index in [2.05, 4.69) is 16.8 Å². The quantitative estimate of drug-likeness (QED) is 0.891. The lowest BCUT2D eigenvalue weighted by Crippen LogP contribution is -2.58. The third-order valence-electron chi connectivity index (χ3n) is 3.86. The van der Waals surface area contributed by atoms with Gasteiger partial charge in [-0.1, -0.05) is 6.07 Å². The van der Waals surface area contributed by atoms with Crippen LogP contribution in [0, 0.1) is 11.6 Å². The minimum absolute atomic E-state index is 0.160. The van der Waals surface area contributed by atoms with Crippen LogP contribution < -0.4 is 5.73 Å². The van der Waals surface area contributed by atoms with E-state index < -0.39 is 11.6 Å². The van der Waals surface area contributed by atoms with Gasteiger partial charge in [0.05, 0.1) is 0 Å². The summed E-state index contributed by atoms with van der Waals surface area (Å²) < 4.78 is 26.5. The van der Waals surface area contributed by atoms with Crippen molar-refractivity contribution in [3.8, 4) is 0 Å². The molecule has 1 aromatic carbocycles. The van der Waals surface area contributed by atoms with Crippen LogP contribution in [0.15, 0.2) is 18.2 Å². The van der Waals surface area contributed by atoms with E-state index in [1.54, 1.807) is 0 Å². The Morgan fingerprint density at radius 3 is 2.74 bits per heavy atom. The number of piperazine rings is 1. The molecular weight excluding hydrogens is 248 g/mol. The predicted octanol–water partition coefficient (Wildman–Crippen LogP) is 1.08. The fourth-order valence-electron chi connectivity index (χ4n) is 2.58. The van der Waals surface area contributed by atoms with Crippen LogP contribution in [0.3, 0.4) is 0 Å². The number of benzene rings is 1. The molecule has 0 bridgehead atoms. The number of nitrogens with two attached hydrogens (primary N) is 1. The van der Waals surface area contributed by atoms with Crippen LogP contribution in [-0.2, 0) is 6.42 Å². The van der Waals surface area contributed by atoms with Crippen molar-refractivity contribution in [2.24, 2.45) is 5.73 Å². The van der Waals surface area contributed by atoms with Gasteiger partial charge in [-0.05, 0) is 32.1 Å². The number of hydrogen-bond donors (Lipinski definition) is 1. The second-order valence-electron chi connectivity index (χ2n) is 5.41. The highest BCUT2D eigenvalue weighted by molar-refractivity contribution is 5.20. The molecule has 1 aliphatic rings. The first-order valence-electron chi connectivity index (χ1n) is 6.55. The Hall–Kier alpha value is -1.04. The maximum Gasteiger partial charge on any atom is 0.129 e. The van der Waals surface area contributed by atoms with E-state index >= 15 is 0 Å². The van der Waals surface area contributed by atoms with Crippen LogP contribution in [0.4, 0.5) is 8.78 Å². The molecule has 1 fully saturated rings. The molecular formula is C14H21F2N3. The van der Waals surface area contributed by atoms with Crippen molar-refractivity contribution in [1.29, 1.82) is 0 Å². The molecule has 0 aromatic heterocycles. The van der Waals surface area contributed by atoms with Crippen molar-refractivity contribution in [1.82, 2.24) is 9.80 Å². The molecule has 2 N–H and O–H groups in total. The third kappa shape index (κ3) is 3.49. The van der Waals surface area contributed by atoms with Crippen LogP contribution >= 0.6 is 0 Å². The molecule has 1 aliphatic heterocycles. The zero-order valence-electron chi connectivity index (χ0n) is 11.4. The molecule has 19 heavy (non-hydrogen) atoms. The molecule has 2 atom stereocenters. The van der Waals surface area contributed by atoms with Gasteiger partial charge in [-0.2, -0.15) is 0 Å². The molecule has 2 unspecified atom stereocenters. The van der Waals surface area contributed by atoms with Crippen LogP contribution in [0.1, 0.15) is 5.56 Å². The summed E-state index contributed by atoms with van der Waals surface area (Å²) in [5.41, 5.74) is 6.69. The number of nitrogens with zero attached hydrogens (tertiary/aromatic N) is 2. The maximum absolute atomic E-state index is 13.6. The molecule has 5 heteroatoms. The van der Waals surface area contributed by atoms with E-state index in [0.29, 0.717) is 12.0 Å². The Balaban J connectivity index is 2.05. The fraction of sp³-hybridized carbons (Fsp3) is 0.571. The first-order valence-corrected chi connectivity index (χ1v) is 6.55. The predicted molar refractivity (Wildman–Crippen MR) is 72.0 cm³/mol. The average Bonchev–Trinajstić information content (AvgIpc) is 2.35. The summed E-state index contributed by atoms with van der Waals surface area (Å²) in [6, 6.07) is 3.72. The lowest BCUT2D eigenvalue weighted by molar-refractivity contribution is 0.0971. The van der Waals surface area contributed by atoms with E-state index in [9.17, 15) is 8.78 Å². The Labute approximate surface area is 113 Å². The number of hydrogen-bond acceptors (Lipinski definition) is 3. The van der Waals surface area contributed by atoms with Gasteiger partial charge >= 0.3 is 0 Å². The third-order valence-corrected chi connectivity index (χ3v) is 3.86. The summed E-state index contributed by atoms with van der Waals surface area (Å²) in [5, 5.41) is 0. The Bertz CT molecular complexity index is 439. The highest BCUT2D eigenvalue weighted by Gasteiger charge is 2.28. The standard InChI is InChI=1S/C14H21F2N3/c1-18-5-6-19(2)14(9-18)13(17)7-10-3-4-11(15)8-12(10)16/h3-4,8,13-14H,5-7,9,17H2,1-2H3. The molecule has 3 nitrogen and oxygen atoms in total. The second-order valence-corrected chi connectivity index (χ2v) is 5.41. The molecule has 2 rings (SSSR count). The van der Waals surface area contributed by atoms with Crippen molar-refractivity contribution in [2.45, 2.75) is 18.5 Å². The molecule has 0 amide bonds. The average molecular weight is 269 g/mol. The van der Waals surface area contributed by atoms with E-state index in [4.69, 9.17) is 5.73 Å². The summed E-state index contributed by atoms with van der Waals surface area (Å²) in [4.78, 5) is 4.44. The first-order chi connectivity index (χ1) is 8.97. The van der Waals surface area contributed by atoms with E-state index in [0.717, 1.165) is 25.7 Å². The lowest BCUT2D eigenvalue weighted by atomic mass is 9.97. The Morgan fingerprint density at radius 2 is 2.05 bits per heavy atom. The summed E-state index contributed by atoms with van der Waals surface area (Å²) in [7, 11) is 4.10.